The van der Waals surface area contributed by atoms with Gasteiger partial charge < -0.3 is 0 Å². The first kappa shape index (κ1) is 25.0. The van der Waals surface area contributed by atoms with Gasteiger partial charge in [0.15, 0.2) is 11.0 Å². The van der Waals surface area contributed by atoms with Crippen molar-refractivity contribution in [3.8, 4) is 0 Å². The minimum atomic E-state index is -4.47. The Morgan fingerprint density at radius 3 is 1.57 bits per heavy atom. The molecule has 0 amide bonds. The second-order valence-corrected chi connectivity index (χ2v) is 12.0. The van der Waals surface area contributed by atoms with Crippen LogP contribution in [-0.4, -0.2) is 43.5 Å². The monoisotopic (exact) mass is 539 g/mol. The van der Waals surface area contributed by atoms with Gasteiger partial charge in [-0.1, -0.05) is 24.3 Å². The quantitative estimate of drug-likeness (QED) is 0.234. The third-order valence-corrected chi connectivity index (χ3v) is 7.88. The maximum Gasteiger partial charge on any atom is 0.294 e. The van der Waals surface area contributed by atoms with Gasteiger partial charge in [-0.3, -0.25) is 13.7 Å². The van der Waals surface area contributed by atoms with Crippen LogP contribution in [0.25, 0.3) is 11.0 Å². The highest BCUT2D eigenvalue weighted by molar-refractivity contribution is 7.86. The highest BCUT2D eigenvalue weighted by Gasteiger charge is 2.21. The molecule has 0 unspecified atom stereocenters. The molecule has 0 atom stereocenters. The summed E-state index contributed by atoms with van der Waals surface area (Å²) in [6, 6.07) is 15.1. The SMILES string of the molecule is O=S(=O)(O)c1ccc(Cn2c[n+](Cc3ccc(S(=O)(=O)O)cc3)c3ccc(S(=O)(=O)O)cc32)cc1. The number of aromatic nitrogens is 2. The summed E-state index contributed by atoms with van der Waals surface area (Å²) in [7, 11) is -13.2. The summed E-state index contributed by atoms with van der Waals surface area (Å²) in [4.78, 5) is -0.828. The Balaban J connectivity index is 1.76. The van der Waals surface area contributed by atoms with Gasteiger partial charge in [-0.15, -0.1) is 0 Å². The van der Waals surface area contributed by atoms with E-state index in [-0.39, 0.29) is 27.8 Å². The van der Waals surface area contributed by atoms with Crippen LogP contribution in [0.4, 0.5) is 0 Å². The van der Waals surface area contributed by atoms with Crippen LogP contribution >= 0.6 is 0 Å². The smallest absolute Gasteiger partial charge is 0.282 e. The van der Waals surface area contributed by atoms with Crippen molar-refractivity contribution in [3.63, 3.8) is 0 Å². The van der Waals surface area contributed by atoms with Crippen LogP contribution in [-0.2, 0) is 43.4 Å². The molecule has 4 rings (SSSR count). The molecule has 0 aliphatic heterocycles. The van der Waals surface area contributed by atoms with Crippen molar-refractivity contribution in [2.75, 3.05) is 0 Å². The van der Waals surface area contributed by atoms with E-state index in [0.717, 1.165) is 0 Å². The molecule has 0 radical (unpaired) electrons. The lowest BCUT2D eigenvalue weighted by molar-refractivity contribution is -0.663. The van der Waals surface area contributed by atoms with Crippen molar-refractivity contribution in [2.24, 2.45) is 0 Å². The largest absolute Gasteiger partial charge is 0.294 e. The number of nitrogens with zero attached hydrogens (tertiary/aromatic N) is 2. The van der Waals surface area contributed by atoms with Gasteiger partial charge in [-0.25, -0.2) is 9.13 Å². The number of rotatable bonds is 7. The normalized spacial score (nSPS) is 12.8. The number of hydrogen-bond donors (Lipinski definition) is 3. The van der Waals surface area contributed by atoms with E-state index >= 15 is 0 Å². The molecule has 1 heterocycles. The highest BCUT2D eigenvalue weighted by atomic mass is 32.2. The Morgan fingerprint density at radius 1 is 0.629 bits per heavy atom. The molecule has 14 heteroatoms. The summed E-state index contributed by atoms with van der Waals surface area (Å²) in [6.45, 7) is 0.466. The predicted octanol–water partition coefficient (Wildman–Crippen LogP) is 1.77. The summed E-state index contributed by atoms with van der Waals surface area (Å²) >= 11 is 0. The third kappa shape index (κ3) is 5.58. The fraction of sp³-hybridized carbons (Fsp3) is 0.0952. The zero-order chi connectivity index (χ0) is 25.6. The topological polar surface area (TPSA) is 172 Å². The van der Waals surface area contributed by atoms with Gasteiger partial charge in [-0.05, 0) is 47.5 Å². The molecular formula is C21H19N2O9S3+. The lowest BCUT2D eigenvalue weighted by Gasteiger charge is -2.02. The molecule has 11 nitrogen and oxygen atoms in total. The highest BCUT2D eigenvalue weighted by Crippen LogP contribution is 2.20. The molecule has 1 aromatic heterocycles. The molecule has 3 N–H and O–H groups in total. The van der Waals surface area contributed by atoms with Crippen molar-refractivity contribution in [1.82, 2.24) is 4.57 Å². The molecular weight excluding hydrogens is 520 g/mol. The predicted molar refractivity (Wildman–Crippen MR) is 123 cm³/mol. The van der Waals surface area contributed by atoms with Gasteiger partial charge in [0.1, 0.15) is 13.1 Å². The molecule has 0 aliphatic carbocycles. The Hall–Kier alpha value is -3.14. The van der Waals surface area contributed by atoms with Gasteiger partial charge in [0.2, 0.25) is 6.33 Å². The van der Waals surface area contributed by atoms with E-state index in [2.05, 4.69) is 0 Å². The van der Waals surface area contributed by atoms with E-state index in [4.69, 9.17) is 9.11 Å². The first-order chi connectivity index (χ1) is 16.2. The third-order valence-electron chi connectivity index (χ3n) is 5.29. The zero-order valence-electron chi connectivity index (χ0n) is 17.8. The number of hydrogen-bond acceptors (Lipinski definition) is 6. The van der Waals surface area contributed by atoms with Crippen LogP contribution in [0.15, 0.2) is 87.7 Å². The first-order valence-corrected chi connectivity index (χ1v) is 14.2. The average Bonchev–Trinajstić information content (AvgIpc) is 3.09. The lowest BCUT2D eigenvalue weighted by Crippen LogP contribution is -2.32. The standard InChI is InChI=1S/C21H18N2O9S3/c24-33(25,26)17-5-1-15(2-6-17)12-22-14-23(13-16-3-7-18(8-4-16)34(27,28)29)21-11-19(35(30,31)32)9-10-20(21)22/h1-11,14H,12-13H2,(H2-,24,25,26,27,28,29,30,31,32)/p+1. The van der Waals surface area contributed by atoms with Crippen LogP contribution in [0.2, 0.25) is 0 Å². The average molecular weight is 540 g/mol. The Labute approximate surface area is 201 Å². The number of imidazole rings is 1. The van der Waals surface area contributed by atoms with Gasteiger partial charge in [0.25, 0.3) is 30.4 Å². The fourth-order valence-electron chi connectivity index (χ4n) is 3.61. The zero-order valence-corrected chi connectivity index (χ0v) is 20.2. The van der Waals surface area contributed by atoms with Gasteiger partial charge in [-0.2, -0.15) is 25.3 Å². The first-order valence-electron chi connectivity index (χ1n) is 9.84. The van der Waals surface area contributed by atoms with E-state index in [1.807, 2.05) is 0 Å². The van der Waals surface area contributed by atoms with Crippen molar-refractivity contribution in [1.29, 1.82) is 0 Å². The summed E-state index contributed by atoms with van der Waals surface area (Å²) < 4.78 is 99.7. The maximum atomic E-state index is 11.7. The maximum absolute atomic E-state index is 11.7. The lowest BCUT2D eigenvalue weighted by atomic mass is 10.2. The summed E-state index contributed by atoms with van der Waals surface area (Å²) in [5, 5.41) is 0. The van der Waals surface area contributed by atoms with Crippen molar-refractivity contribution in [3.05, 3.63) is 84.2 Å². The fourth-order valence-corrected chi connectivity index (χ4v) is 5.07. The molecule has 3 aromatic carbocycles. The molecule has 4 aromatic rings. The molecule has 0 saturated heterocycles. The van der Waals surface area contributed by atoms with Crippen LogP contribution in [0.3, 0.4) is 0 Å². The van der Waals surface area contributed by atoms with Crippen molar-refractivity contribution in [2.45, 2.75) is 27.8 Å². The second kappa shape index (κ2) is 8.82. The molecule has 0 fully saturated rings. The van der Waals surface area contributed by atoms with E-state index in [0.29, 0.717) is 22.2 Å². The van der Waals surface area contributed by atoms with Gasteiger partial charge >= 0.3 is 0 Å². The minimum absolute atomic E-state index is 0.200. The van der Waals surface area contributed by atoms with E-state index in [1.165, 1.54) is 66.7 Å². The molecule has 0 aliphatic rings. The minimum Gasteiger partial charge on any atom is -0.282 e. The Bertz CT molecular complexity index is 1740. The van der Waals surface area contributed by atoms with Crippen molar-refractivity contribution >= 4 is 41.4 Å². The van der Waals surface area contributed by atoms with Crippen molar-refractivity contribution < 1.29 is 43.5 Å². The summed E-state index contributed by atoms with van der Waals surface area (Å²) in [5.41, 5.74) is 2.40. The molecule has 0 spiro atoms. The van der Waals surface area contributed by atoms with Crippen LogP contribution < -0.4 is 4.57 Å². The Kier molecular flexibility index (Phi) is 6.29. The van der Waals surface area contributed by atoms with E-state index < -0.39 is 30.4 Å². The molecule has 184 valence electrons. The molecule has 0 saturated carbocycles. The number of fused-ring (bicyclic) bond motifs is 1. The van der Waals surface area contributed by atoms with Gasteiger partial charge in [0, 0.05) is 6.07 Å². The summed E-state index contributed by atoms with van der Waals surface area (Å²) in [5.74, 6) is 0. The Morgan fingerprint density at radius 2 is 1.09 bits per heavy atom. The van der Waals surface area contributed by atoms with Gasteiger partial charge in [0.05, 0.1) is 14.7 Å². The van der Waals surface area contributed by atoms with Crippen LogP contribution in [0.1, 0.15) is 11.1 Å². The number of benzene rings is 3. The molecule has 0 bridgehead atoms. The van der Waals surface area contributed by atoms with E-state index in [9.17, 15) is 29.8 Å². The molecule has 35 heavy (non-hydrogen) atoms. The summed E-state index contributed by atoms with van der Waals surface area (Å²) in [6.07, 6.45) is 1.69. The second-order valence-electron chi connectivity index (χ2n) is 7.73. The van der Waals surface area contributed by atoms with E-state index in [1.54, 1.807) is 15.5 Å². The van der Waals surface area contributed by atoms with Crippen LogP contribution in [0, 0.1) is 0 Å². The van der Waals surface area contributed by atoms with Crippen LogP contribution in [0.5, 0.6) is 0 Å².